The normalized spacial score (nSPS) is 10.2. The molecule has 1 heterocycles. The summed E-state index contributed by atoms with van der Waals surface area (Å²) in [7, 11) is 0. The van der Waals surface area contributed by atoms with Gasteiger partial charge in [0.05, 0.1) is 22.5 Å². The van der Waals surface area contributed by atoms with E-state index in [-0.39, 0.29) is 5.69 Å². The van der Waals surface area contributed by atoms with Crippen molar-refractivity contribution in [1.29, 1.82) is 0 Å². The second-order valence-electron chi connectivity index (χ2n) is 4.21. The van der Waals surface area contributed by atoms with E-state index in [0.717, 1.165) is 17.0 Å². The molecule has 0 aliphatic heterocycles. The van der Waals surface area contributed by atoms with E-state index in [1.54, 1.807) is 18.3 Å². The molecule has 0 unspecified atom stereocenters. The first-order chi connectivity index (χ1) is 9.06. The molecule has 0 fully saturated rings. The summed E-state index contributed by atoms with van der Waals surface area (Å²) in [5, 5.41) is 13.8. The van der Waals surface area contributed by atoms with E-state index >= 15 is 0 Å². The lowest BCUT2D eigenvalue weighted by atomic mass is 10.2. The van der Waals surface area contributed by atoms with Crippen molar-refractivity contribution in [3.63, 3.8) is 0 Å². The van der Waals surface area contributed by atoms with Crippen molar-refractivity contribution >= 4 is 11.5 Å². The van der Waals surface area contributed by atoms with Crippen molar-refractivity contribution in [2.24, 2.45) is 0 Å². The number of rotatable bonds is 4. The van der Waals surface area contributed by atoms with Crippen LogP contribution >= 0.6 is 0 Å². The highest BCUT2D eigenvalue weighted by molar-refractivity contribution is 5.38. The number of nitrogens with one attached hydrogen (secondary N) is 1. The fourth-order valence-electron chi connectivity index (χ4n) is 1.60. The molecule has 1 aromatic carbocycles. The SMILES string of the molecule is Cc1ncc(NCc2cccc([N+](=O)[O-])c2)nc1C. The molecule has 0 radical (unpaired) electrons. The summed E-state index contributed by atoms with van der Waals surface area (Å²) in [6, 6.07) is 6.51. The van der Waals surface area contributed by atoms with Crippen LogP contribution in [0.3, 0.4) is 0 Å². The average Bonchev–Trinajstić information content (AvgIpc) is 2.40. The van der Waals surface area contributed by atoms with Gasteiger partial charge in [-0.1, -0.05) is 12.1 Å². The van der Waals surface area contributed by atoms with Crippen molar-refractivity contribution < 1.29 is 4.92 Å². The van der Waals surface area contributed by atoms with Gasteiger partial charge in [-0.25, -0.2) is 4.98 Å². The molecule has 19 heavy (non-hydrogen) atoms. The lowest BCUT2D eigenvalue weighted by Gasteiger charge is -2.07. The van der Waals surface area contributed by atoms with Crippen LogP contribution in [0.25, 0.3) is 0 Å². The molecule has 0 aliphatic carbocycles. The van der Waals surface area contributed by atoms with E-state index in [0.29, 0.717) is 12.4 Å². The Morgan fingerprint density at radius 2 is 2.11 bits per heavy atom. The predicted molar refractivity (Wildman–Crippen MR) is 71.9 cm³/mol. The number of hydrogen-bond acceptors (Lipinski definition) is 5. The van der Waals surface area contributed by atoms with E-state index < -0.39 is 4.92 Å². The number of aromatic nitrogens is 2. The minimum Gasteiger partial charge on any atom is -0.365 e. The van der Waals surface area contributed by atoms with Gasteiger partial charge in [0.15, 0.2) is 0 Å². The average molecular weight is 258 g/mol. The molecule has 6 nitrogen and oxygen atoms in total. The van der Waals surface area contributed by atoms with Crippen LogP contribution in [0.5, 0.6) is 0 Å². The Kier molecular flexibility index (Phi) is 3.70. The van der Waals surface area contributed by atoms with Gasteiger partial charge in [-0.3, -0.25) is 15.1 Å². The standard InChI is InChI=1S/C13H14N4O2/c1-9-10(2)16-13(8-14-9)15-7-11-4-3-5-12(6-11)17(18)19/h3-6,8H,7H2,1-2H3,(H,15,16). The maximum Gasteiger partial charge on any atom is 0.269 e. The third-order valence-corrected chi connectivity index (χ3v) is 2.79. The van der Waals surface area contributed by atoms with Gasteiger partial charge in [-0.2, -0.15) is 0 Å². The van der Waals surface area contributed by atoms with Crippen LogP contribution in [0.15, 0.2) is 30.5 Å². The summed E-state index contributed by atoms with van der Waals surface area (Å²) in [5.41, 5.74) is 2.67. The minimum absolute atomic E-state index is 0.0884. The second-order valence-corrected chi connectivity index (χ2v) is 4.21. The lowest BCUT2D eigenvalue weighted by molar-refractivity contribution is -0.384. The maximum atomic E-state index is 10.7. The van der Waals surface area contributed by atoms with Gasteiger partial charge in [0.1, 0.15) is 5.82 Å². The number of anilines is 1. The molecule has 1 N–H and O–H groups in total. The van der Waals surface area contributed by atoms with Gasteiger partial charge >= 0.3 is 0 Å². The smallest absolute Gasteiger partial charge is 0.269 e. The maximum absolute atomic E-state index is 10.7. The molecular formula is C13H14N4O2. The number of non-ortho nitro benzene ring substituents is 1. The number of nitrogens with zero attached hydrogens (tertiary/aromatic N) is 3. The molecule has 2 rings (SSSR count). The Morgan fingerprint density at radius 1 is 1.32 bits per heavy atom. The van der Waals surface area contributed by atoms with Gasteiger partial charge in [0, 0.05) is 18.7 Å². The first-order valence-corrected chi connectivity index (χ1v) is 5.83. The van der Waals surface area contributed by atoms with Crippen LogP contribution in [-0.4, -0.2) is 14.9 Å². The molecule has 0 spiro atoms. The van der Waals surface area contributed by atoms with Crippen LogP contribution in [0, 0.1) is 24.0 Å². The highest BCUT2D eigenvalue weighted by Crippen LogP contribution is 2.14. The fraction of sp³-hybridized carbons (Fsp3) is 0.231. The van der Waals surface area contributed by atoms with Crippen molar-refractivity contribution in [2.45, 2.75) is 20.4 Å². The zero-order chi connectivity index (χ0) is 13.8. The van der Waals surface area contributed by atoms with Crippen LogP contribution in [0.1, 0.15) is 17.0 Å². The van der Waals surface area contributed by atoms with Crippen molar-refractivity contribution in [3.8, 4) is 0 Å². The third kappa shape index (κ3) is 3.25. The molecule has 0 amide bonds. The third-order valence-electron chi connectivity index (χ3n) is 2.79. The van der Waals surface area contributed by atoms with Gasteiger partial charge in [-0.15, -0.1) is 0 Å². The molecule has 0 atom stereocenters. The second kappa shape index (κ2) is 5.43. The molecule has 1 aromatic heterocycles. The molecule has 0 saturated carbocycles. The molecule has 0 aliphatic rings. The van der Waals surface area contributed by atoms with E-state index in [1.807, 2.05) is 19.9 Å². The van der Waals surface area contributed by atoms with E-state index in [4.69, 9.17) is 0 Å². The van der Waals surface area contributed by atoms with Gasteiger partial charge in [-0.05, 0) is 19.4 Å². The lowest BCUT2D eigenvalue weighted by Crippen LogP contribution is -2.04. The summed E-state index contributed by atoms with van der Waals surface area (Å²) in [5.74, 6) is 0.662. The molecule has 0 saturated heterocycles. The summed E-state index contributed by atoms with van der Waals surface area (Å²) < 4.78 is 0. The summed E-state index contributed by atoms with van der Waals surface area (Å²) >= 11 is 0. The van der Waals surface area contributed by atoms with Gasteiger partial charge in [0.2, 0.25) is 0 Å². The zero-order valence-corrected chi connectivity index (χ0v) is 10.8. The van der Waals surface area contributed by atoms with Crippen molar-refractivity contribution in [3.05, 3.63) is 57.5 Å². The molecule has 0 bridgehead atoms. The summed E-state index contributed by atoms with van der Waals surface area (Å²) in [6.07, 6.45) is 1.65. The number of nitro benzene ring substituents is 1. The summed E-state index contributed by atoms with van der Waals surface area (Å²) in [6.45, 7) is 4.26. The van der Waals surface area contributed by atoms with Crippen LogP contribution < -0.4 is 5.32 Å². The largest absolute Gasteiger partial charge is 0.365 e. The highest BCUT2D eigenvalue weighted by Gasteiger charge is 2.05. The molecular weight excluding hydrogens is 244 g/mol. The first kappa shape index (κ1) is 12.9. The van der Waals surface area contributed by atoms with E-state index in [9.17, 15) is 10.1 Å². The summed E-state index contributed by atoms with van der Waals surface area (Å²) in [4.78, 5) is 18.8. The predicted octanol–water partition coefficient (Wildman–Crippen LogP) is 2.61. The molecule has 2 aromatic rings. The number of nitro groups is 1. The van der Waals surface area contributed by atoms with Crippen molar-refractivity contribution in [1.82, 2.24) is 9.97 Å². The number of hydrogen-bond donors (Lipinski definition) is 1. The molecule has 6 heteroatoms. The quantitative estimate of drug-likeness (QED) is 0.673. The molecule has 98 valence electrons. The Morgan fingerprint density at radius 3 is 2.79 bits per heavy atom. The highest BCUT2D eigenvalue weighted by atomic mass is 16.6. The first-order valence-electron chi connectivity index (χ1n) is 5.83. The number of benzene rings is 1. The van der Waals surface area contributed by atoms with Crippen LogP contribution in [-0.2, 0) is 6.54 Å². The Bertz CT molecular complexity index is 613. The van der Waals surface area contributed by atoms with Crippen LogP contribution in [0.2, 0.25) is 0 Å². The van der Waals surface area contributed by atoms with Gasteiger partial charge < -0.3 is 5.32 Å². The van der Waals surface area contributed by atoms with E-state index in [2.05, 4.69) is 15.3 Å². The Hall–Kier alpha value is -2.50. The topological polar surface area (TPSA) is 81.0 Å². The Labute approximate surface area is 110 Å². The zero-order valence-electron chi connectivity index (χ0n) is 10.8. The van der Waals surface area contributed by atoms with E-state index in [1.165, 1.54) is 6.07 Å². The van der Waals surface area contributed by atoms with Crippen molar-refractivity contribution in [2.75, 3.05) is 5.32 Å². The monoisotopic (exact) mass is 258 g/mol. The Balaban J connectivity index is 2.07. The minimum atomic E-state index is -0.403. The van der Waals surface area contributed by atoms with Gasteiger partial charge in [0.25, 0.3) is 5.69 Å². The van der Waals surface area contributed by atoms with Crippen LogP contribution in [0.4, 0.5) is 11.5 Å². The number of aryl methyl sites for hydroxylation is 2. The fourth-order valence-corrected chi connectivity index (χ4v) is 1.60.